The summed E-state index contributed by atoms with van der Waals surface area (Å²) >= 11 is 14.3. The summed E-state index contributed by atoms with van der Waals surface area (Å²) in [6, 6.07) is 4.97. The number of likely N-dealkylation sites (N-methyl/N-ethyl adjacent to an activating group) is 1. The third-order valence-corrected chi connectivity index (χ3v) is 21.6. The van der Waals surface area contributed by atoms with Crippen molar-refractivity contribution in [1.29, 1.82) is 0 Å². The Morgan fingerprint density at radius 2 is 1.35 bits per heavy atom. The highest BCUT2D eigenvalue weighted by molar-refractivity contribution is 6.32. The summed E-state index contributed by atoms with van der Waals surface area (Å²) in [5.74, 6) is -17.0. The summed E-state index contributed by atoms with van der Waals surface area (Å²) < 4.78 is 81.9. The molecule has 0 radical (unpaired) electrons. The lowest BCUT2D eigenvalue weighted by Gasteiger charge is -2.48. The number of alkyl halides is 3. The van der Waals surface area contributed by atoms with Crippen LogP contribution in [0.4, 0.5) is 18.9 Å². The summed E-state index contributed by atoms with van der Waals surface area (Å²) in [5.41, 5.74) is 4.17. The smallest absolute Gasteiger partial charge is 0.508 e. The van der Waals surface area contributed by atoms with Gasteiger partial charge in [0, 0.05) is 47.5 Å². The fraction of sp³-hybridized carbons (Fsp3) is 0.383. The predicted octanol–water partition coefficient (Wildman–Crippen LogP) is 3.08. The Balaban J connectivity index is 1.01. The number of phenols is 3. The van der Waals surface area contributed by atoms with Gasteiger partial charge in [-0.05, 0) is 152 Å². The number of ether oxygens (including phenoxy) is 7. The number of aromatic nitrogens is 1. The highest BCUT2D eigenvalue weighted by Crippen LogP contribution is 2.50. The summed E-state index contributed by atoms with van der Waals surface area (Å²) in [7, 11) is 2.49. The van der Waals surface area contributed by atoms with Crippen LogP contribution in [-0.4, -0.2) is 210 Å². The molecule has 124 heavy (non-hydrogen) atoms. The summed E-state index contributed by atoms with van der Waals surface area (Å²) in [6.45, 7) is 5.53. The molecule has 662 valence electrons. The number of carbonyl (C=O) groups excluding carboxylic acids is 9. The number of aliphatic hydroxyl groups is 6. The van der Waals surface area contributed by atoms with E-state index < -0.39 is 266 Å². The Morgan fingerprint density at radius 3 is 1.98 bits per heavy atom. The molecule has 7 aromatic rings. The Kier molecular flexibility index (Phi) is 28.1. The number of hydrogen-bond donors (Lipinski definition) is 20. The van der Waals surface area contributed by atoms with Gasteiger partial charge in [-0.3, -0.25) is 53.0 Å². The van der Waals surface area contributed by atoms with Crippen LogP contribution in [0, 0.1) is 5.92 Å². The van der Waals surface area contributed by atoms with Crippen LogP contribution < -0.4 is 78.0 Å². The van der Waals surface area contributed by atoms with Gasteiger partial charge < -0.3 is 133 Å². The number of benzene rings is 6. The van der Waals surface area contributed by atoms with Crippen molar-refractivity contribution < 1.29 is 140 Å². The number of nitrogens with two attached hydrogens (primary N) is 1. The van der Waals surface area contributed by atoms with Crippen LogP contribution in [0.15, 0.2) is 122 Å². The van der Waals surface area contributed by atoms with E-state index in [-0.39, 0.29) is 53.2 Å². The molecule has 18 atom stereocenters. The van der Waals surface area contributed by atoms with Gasteiger partial charge in [0.15, 0.2) is 23.9 Å². The molecule has 38 nitrogen and oxygen atoms in total. The van der Waals surface area contributed by atoms with Crippen molar-refractivity contribution in [3.63, 3.8) is 0 Å². The van der Waals surface area contributed by atoms with Crippen LogP contribution in [0.25, 0.3) is 11.1 Å². The van der Waals surface area contributed by atoms with Crippen LogP contribution in [0.5, 0.6) is 51.7 Å². The van der Waals surface area contributed by atoms with E-state index in [1.807, 2.05) is 0 Å². The molecule has 7 aliphatic heterocycles. The van der Waals surface area contributed by atoms with E-state index in [1.165, 1.54) is 38.5 Å². The molecule has 14 rings (SSSR count). The number of hydrogen-bond acceptors (Lipinski definition) is 29. The van der Waals surface area contributed by atoms with Crippen molar-refractivity contribution in [2.24, 2.45) is 11.7 Å². The van der Waals surface area contributed by atoms with Gasteiger partial charge in [0.1, 0.15) is 101 Å². The molecule has 21 N–H and O–H groups in total. The van der Waals surface area contributed by atoms with Gasteiger partial charge in [0.25, 0.3) is 11.8 Å². The van der Waals surface area contributed by atoms with Crippen LogP contribution in [-0.2, 0) is 63.9 Å². The Labute approximate surface area is 712 Å². The number of primary amides is 1. The summed E-state index contributed by atoms with van der Waals surface area (Å²) in [6.07, 6.45) is -22.0. The van der Waals surface area contributed by atoms with E-state index in [0.29, 0.717) is 5.56 Å². The first-order chi connectivity index (χ1) is 58.7. The van der Waals surface area contributed by atoms with Gasteiger partial charge in [-0.25, -0.2) is 5.48 Å². The van der Waals surface area contributed by atoms with Crippen LogP contribution >= 0.6 is 23.2 Å². The molecule has 0 aliphatic carbocycles. The van der Waals surface area contributed by atoms with Crippen LogP contribution in [0.1, 0.15) is 121 Å². The second-order valence-electron chi connectivity index (χ2n) is 30.4. The number of aromatic hydroxyl groups is 3. The van der Waals surface area contributed by atoms with Gasteiger partial charge in [0.2, 0.25) is 53.4 Å². The van der Waals surface area contributed by atoms with Gasteiger partial charge in [0.05, 0.1) is 60.3 Å². The molecule has 8 heterocycles. The Morgan fingerprint density at radius 1 is 0.718 bits per heavy atom. The molecule has 11 bridgehead atoms. The van der Waals surface area contributed by atoms with E-state index in [1.54, 1.807) is 20.8 Å². The van der Waals surface area contributed by atoms with Gasteiger partial charge in [-0.2, -0.15) is 0 Å². The lowest BCUT2D eigenvalue weighted by molar-refractivity contribution is -0.334. The first-order valence-electron chi connectivity index (χ1n) is 38.4. The van der Waals surface area contributed by atoms with E-state index in [2.05, 4.69) is 63.1 Å². The maximum Gasteiger partial charge on any atom is 0.573 e. The summed E-state index contributed by atoms with van der Waals surface area (Å²) in [5, 5.41) is 129. The van der Waals surface area contributed by atoms with Crippen LogP contribution in [0.3, 0.4) is 0 Å². The van der Waals surface area contributed by atoms with Crippen LogP contribution in [0.2, 0.25) is 10.0 Å². The summed E-state index contributed by atoms with van der Waals surface area (Å²) in [4.78, 5) is 142. The van der Waals surface area contributed by atoms with Gasteiger partial charge in [-0.15, -0.1) is 13.2 Å². The van der Waals surface area contributed by atoms with E-state index in [4.69, 9.17) is 62.2 Å². The molecule has 18 unspecified atom stereocenters. The minimum Gasteiger partial charge on any atom is -0.508 e. The molecule has 2 saturated heterocycles. The topological polar surface area (TPSA) is 569 Å². The van der Waals surface area contributed by atoms with E-state index in [9.17, 15) is 78.3 Å². The quantitative estimate of drug-likeness (QED) is 0.0488. The number of rotatable bonds is 20. The Hall–Kier alpha value is -11.8. The normalized spacial score (nSPS) is 26.2. The lowest BCUT2D eigenvalue weighted by Crippen LogP contribution is -2.65. The first-order valence-corrected chi connectivity index (χ1v) is 39.1. The van der Waals surface area contributed by atoms with Crippen molar-refractivity contribution in [1.82, 2.24) is 53.0 Å². The third-order valence-electron chi connectivity index (χ3n) is 21.1. The molecular weight excluding hydrogens is 1680 g/mol. The van der Waals surface area contributed by atoms with Crippen molar-refractivity contribution in [2.45, 2.75) is 169 Å². The molecule has 43 heteroatoms. The fourth-order valence-corrected chi connectivity index (χ4v) is 15.2. The number of nitrogens with zero attached hydrogens (tertiary/aromatic N) is 1. The number of anilines is 1. The number of amides is 9. The SMILES string of the molecule is CNC(CC(C)C)C(=O)NC1C(=O)NC(CC(N)=O)C(=O)NC2C(=O)NC3C(=O)NC(C(=O)NC(C(=O)NOC)c4cc(O)cc(O)c4-c4cc3ccc4O)C(O)c3ccc(c(Cl)c3)Oc3cc2cc(c3OC2OC(CO)C(O)C(O)C2OC2CC(C)(NCc3cncc(NC(=O)c4ccc(OC(F)(F)F)cc4)c3)C(O)C(C)O2)Oc2ccc(cc2Cl)C1O. The number of pyridine rings is 1. The average Bonchev–Trinajstić information content (AvgIpc) is 0.763. The van der Waals surface area contributed by atoms with E-state index in [0.717, 1.165) is 104 Å². The first kappa shape index (κ1) is 91.4. The predicted molar refractivity (Wildman–Crippen MR) is 425 cm³/mol. The maximum atomic E-state index is 16.3. The van der Waals surface area contributed by atoms with Crippen molar-refractivity contribution >= 4 is 82.1 Å². The third kappa shape index (κ3) is 20.7. The molecule has 2 fully saturated rings. The maximum absolute atomic E-state index is 16.3. The second kappa shape index (κ2) is 38.1. The van der Waals surface area contributed by atoms with Crippen molar-refractivity contribution in [3.8, 4) is 62.9 Å². The molecule has 0 spiro atoms. The van der Waals surface area contributed by atoms with Crippen molar-refractivity contribution in [3.05, 3.63) is 171 Å². The highest BCUT2D eigenvalue weighted by Gasteiger charge is 2.53. The molecule has 9 amide bonds. The number of nitrogens with one attached hydrogen (secondary N) is 10. The Bertz CT molecular complexity index is 5240. The molecule has 1 aromatic heterocycles. The van der Waals surface area contributed by atoms with E-state index >= 15 is 24.0 Å². The molecule has 7 aliphatic rings. The number of halogens is 5. The lowest BCUT2D eigenvalue weighted by atomic mass is 9.84. The number of phenolic OH excluding ortho intramolecular Hbond substituents is 3. The minimum absolute atomic E-state index is 0.0377. The van der Waals surface area contributed by atoms with Gasteiger partial charge >= 0.3 is 6.36 Å². The fourth-order valence-electron chi connectivity index (χ4n) is 14.8. The second-order valence-corrected chi connectivity index (χ2v) is 31.2. The average molecular weight is 1770 g/mol. The number of hydroxylamine groups is 1. The zero-order valence-corrected chi connectivity index (χ0v) is 67.9. The standard InChI is InChI=1S/C81H87Cl2F3N12O26/c1-32(2)17-47(88-5)72(110)96-62-64(104)37-10-15-51(45(82)20-37)119-53-22-39-23-54(68(53)123-79-69(67(107)66(106)55(31-99)121-79)122-57-27-80(4,70(108)33(3)118-57)90-29-34-18-40(30-89-28-34)91-71(109)35-7-12-42(13-8-35)124-81(84,85)86)120-52-16-11-38(21-46(52)83)65(105)63-77(115)95-61(78(116)98-117-6)44-24-41(100)25-50(102)58(44)43-19-36(9-14-49(43)101)59(74(112)97-63)94-75(113)60(39)93-73(111)48(26-56(87)103)92-76(62)114/h7-16,18-25,28,30,32-33,47-48,55,57,59-67,69-70,79,88,90,99-102,104-108H,17,26-27,29,31H2,1-6H3,(H2,87,103)(H,91,109)(H,92,114)(H,93,111)(H,94,113)(H,95,115)(H,96,110)(H,97,112)(H,98,116). The van der Waals surface area contributed by atoms with Gasteiger partial charge in [-0.1, -0.05) is 55.2 Å². The molecular formula is C81H87Cl2F3N12O26. The number of aliphatic hydroxyl groups excluding tert-OH is 6. The van der Waals surface area contributed by atoms with Crippen molar-refractivity contribution in [2.75, 3.05) is 26.1 Å². The largest absolute Gasteiger partial charge is 0.573 e. The molecule has 0 saturated carbocycles. The zero-order chi connectivity index (χ0) is 89.8. The minimum atomic E-state index is -4.98. The number of fused-ring (bicyclic) bond motifs is 15. The highest BCUT2D eigenvalue weighted by atomic mass is 35.5. The monoisotopic (exact) mass is 1770 g/mol. The number of carbonyl (C=O) groups is 9. The molecule has 6 aromatic carbocycles. The zero-order valence-electron chi connectivity index (χ0n) is 66.4.